The zero-order valence-corrected chi connectivity index (χ0v) is 22.2. The maximum Gasteiger partial charge on any atom is 0.408 e. The number of rotatable bonds is 7. The number of alkyl carbamates (subject to hydrolysis) is 1. The van der Waals surface area contributed by atoms with Crippen LogP contribution in [0.1, 0.15) is 64.5 Å². The van der Waals surface area contributed by atoms with E-state index in [9.17, 15) is 24.0 Å². The lowest BCUT2D eigenvalue weighted by atomic mass is 9.99. The number of halogens is 1. The van der Waals surface area contributed by atoms with Gasteiger partial charge in [-0.1, -0.05) is 12.1 Å². The molecule has 3 heterocycles. The van der Waals surface area contributed by atoms with Gasteiger partial charge in [0.2, 0.25) is 11.8 Å². The van der Waals surface area contributed by atoms with Gasteiger partial charge in [-0.2, -0.15) is 5.26 Å². The molecule has 5 rings (SSSR count). The molecule has 0 spiro atoms. The standard InChI is InChI=1S/C28H36FN5O4/c1-28(2,3)38-27(37)31-22(25(35)33-12-4-5-20(33)14-30)16-32-15-21-13-23(32)26(36)34(21)24(17-6-7-17)18-8-10-19(29)11-9-18/h8-11,17,20-24H,4-7,12-13,15-16H2,1-3H3,(H,31,37)/t20-,21-,22-,23-,24+/m0/s1. The third kappa shape index (κ3) is 5.35. The molecular weight excluding hydrogens is 489 g/mol. The Balaban J connectivity index is 1.32. The van der Waals surface area contributed by atoms with Crippen LogP contribution in [0, 0.1) is 23.1 Å². The lowest BCUT2D eigenvalue weighted by Gasteiger charge is -2.40. The number of amides is 3. The fourth-order valence-corrected chi connectivity index (χ4v) is 6.22. The summed E-state index contributed by atoms with van der Waals surface area (Å²) in [4.78, 5) is 45.3. The maximum absolute atomic E-state index is 13.7. The molecule has 5 atom stereocenters. The summed E-state index contributed by atoms with van der Waals surface area (Å²) in [5.41, 5.74) is 0.222. The largest absolute Gasteiger partial charge is 0.444 e. The van der Waals surface area contributed by atoms with E-state index in [0.29, 0.717) is 31.8 Å². The fourth-order valence-electron chi connectivity index (χ4n) is 6.22. The zero-order valence-electron chi connectivity index (χ0n) is 22.2. The first-order valence-corrected chi connectivity index (χ1v) is 13.6. The van der Waals surface area contributed by atoms with E-state index in [0.717, 1.165) is 24.8 Å². The van der Waals surface area contributed by atoms with Crippen molar-refractivity contribution in [2.45, 2.75) is 88.7 Å². The second-order valence-electron chi connectivity index (χ2n) is 12.0. The van der Waals surface area contributed by atoms with Crippen LogP contribution in [0.5, 0.6) is 0 Å². The summed E-state index contributed by atoms with van der Waals surface area (Å²) >= 11 is 0. The van der Waals surface area contributed by atoms with Gasteiger partial charge < -0.3 is 19.9 Å². The van der Waals surface area contributed by atoms with Crippen LogP contribution < -0.4 is 5.32 Å². The number of benzene rings is 1. The van der Waals surface area contributed by atoms with Gasteiger partial charge in [0.1, 0.15) is 23.5 Å². The summed E-state index contributed by atoms with van der Waals surface area (Å²) in [5, 5.41) is 12.2. The number of hydrogen-bond donors (Lipinski definition) is 1. The minimum Gasteiger partial charge on any atom is -0.444 e. The van der Waals surface area contributed by atoms with Crippen molar-refractivity contribution in [2.75, 3.05) is 19.6 Å². The number of fused-ring (bicyclic) bond motifs is 2. The number of carbonyl (C=O) groups is 3. The lowest BCUT2D eigenvalue weighted by Crippen LogP contribution is -2.59. The van der Waals surface area contributed by atoms with E-state index in [1.54, 1.807) is 32.9 Å². The highest BCUT2D eigenvalue weighted by atomic mass is 19.1. The Hall–Kier alpha value is -3.19. The maximum atomic E-state index is 13.7. The number of nitrogens with zero attached hydrogens (tertiary/aromatic N) is 4. The zero-order chi connectivity index (χ0) is 27.2. The van der Waals surface area contributed by atoms with Crippen molar-refractivity contribution in [1.82, 2.24) is 20.0 Å². The topological polar surface area (TPSA) is 106 Å². The average Bonchev–Trinajstić information content (AvgIpc) is 3.29. The van der Waals surface area contributed by atoms with Crippen LogP contribution >= 0.6 is 0 Å². The molecule has 3 amide bonds. The Morgan fingerprint density at radius 3 is 2.53 bits per heavy atom. The Morgan fingerprint density at radius 1 is 1.21 bits per heavy atom. The van der Waals surface area contributed by atoms with E-state index in [1.807, 2.05) is 9.80 Å². The highest BCUT2D eigenvalue weighted by Gasteiger charge is 2.55. The van der Waals surface area contributed by atoms with Crippen LogP contribution in [-0.2, 0) is 14.3 Å². The van der Waals surface area contributed by atoms with E-state index >= 15 is 0 Å². The number of likely N-dealkylation sites (tertiary alicyclic amines) is 3. The summed E-state index contributed by atoms with van der Waals surface area (Å²) < 4.78 is 19.0. The number of carbonyl (C=O) groups excluding carboxylic acids is 3. The summed E-state index contributed by atoms with van der Waals surface area (Å²) in [5.74, 6) is -0.233. The molecule has 2 bridgehead atoms. The van der Waals surface area contributed by atoms with Gasteiger partial charge in [0.05, 0.1) is 18.2 Å². The smallest absolute Gasteiger partial charge is 0.408 e. The van der Waals surface area contributed by atoms with Gasteiger partial charge in [-0.05, 0) is 76.5 Å². The van der Waals surface area contributed by atoms with E-state index in [2.05, 4.69) is 11.4 Å². The predicted octanol–water partition coefficient (Wildman–Crippen LogP) is 2.97. The molecule has 38 heavy (non-hydrogen) atoms. The van der Waals surface area contributed by atoms with Crippen molar-refractivity contribution in [3.05, 3.63) is 35.6 Å². The first-order valence-electron chi connectivity index (χ1n) is 13.6. The first kappa shape index (κ1) is 26.4. The number of hydrogen-bond acceptors (Lipinski definition) is 6. The van der Waals surface area contributed by atoms with Crippen LogP contribution in [0.3, 0.4) is 0 Å². The molecule has 9 nitrogen and oxygen atoms in total. The van der Waals surface area contributed by atoms with Crippen LogP contribution in [0.25, 0.3) is 0 Å². The molecule has 0 radical (unpaired) electrons. The fraction of sp³-hybridized carbons (Fsp3) is 0.643. The molecule has 3 aliphatic heterocycles. The van der Waals surface area contributed by atoms with Gasteiger partial charge >= 0.3 is 6.09 Å². The van der Waals surface area contributed by atoms with E-state index < -0.39 is 23.8 Å². The van der Waals surface area contributed by atoms with Crippen molar-refractivity contribution < 1.29 is 23.5 Å². The Labute approximate surface area is 222 Å². The molecule has 4 aliphatic rings. The SMILES string of the molecule is CC(C)(C)OC(=O)N[C@@H](CN1C[C@@H]2C[C@H]1C(=O)N2[C@@H](c1ccc(F)cc1)C1CC1)C(=O)N1CCC[C@H]1C#N. The summed E-state index contributed by atoms with van der Waals surface area (Å²) in [7, 11) is 0. The van der Waals surface area contributed by atoms with Gasteiger partial charge in [-0.25, -0.2) is 9.18 Å². The molecule has 3 saturated heterocycles. The highest BCUT2D eigenvalue weighted by molar-refractivity contribution is 5.88. The molecule has 10 heteroatoms. The Kier molecular flexibility index (Phi) is 7.07. The predicted molar refractivity (Wildman–Crippen MR) is 136 cm³/mol. The summed E-state index contributed by atoms with van der Waals surface area (Å²) in [6, 6.07) is 6.70. The van der Waals surface area contributed by atoms with Gasteiger partial charge in [0, 0.05) is 25.7 Å². The second-order valence-corrected chi connectivity index (χ2v) is 12.0. The van der Waals surface area contributed by atoms with Crippen molar-refractivity contribution in [3.8, 4) is 6.07 Å². The number of ether oxygens (including phenoxy) is 1. The summed E-state index contributed by atoms with van der Waals surface area (Å²) in [6.07, 6.45) is 3.37. The number of nitriles is 1. The van der Waals surface area contributed by atoms with Crippen LogP contribution in [0.15, 0.2) is 24.3 Å². The molecule has 1 saturated carbocycles. The van der Waals surface area contributed by atoms with Crippen molar-refractivity contribution in [2.24, 2.45) is 5.92 Å². The molecular formula is C28H36FN5O4. The number of piperazine rings is 1. The third-order valence-electron chi connectivity index (χ3n) is 7.99. The molecule has 1 aliphatic carbocycles. The van der Waals surface area contributed by atoms with E-state index in [4.69, 9.17) is 4.74 Å². The Morgan fingerprint density at radius 2 is 1.92 bits per heavy atom. The van der Waals surface area contributed by atoms with E-state index in [-0.39, 0.29) is 42.3 Å². The highest BCUT2D eigenvalue weighted by Crippen LogP contribution is 2.49. The molecule has 1 N–H and O–H groups in total. The van der Waals surface area contributed by atoms with Crippen molar-refractivity contribution >= 4 is 17.9 Å². The van der Waals surface area contributed by atoms with Gasteiger partial charge in [0.15, 0.2) is 0 Å². The molecule has 4 fully saturated rings. The molecule has 0 aromatic heterocycles. The Bertz CT molecular complexity index is 1130. The van der Waals surface area contributed by atoms with Crippen LogP contribution in [-0.4, -0.2) is 82.0 Å². The summed E-state index contributed by atoms with van der Waals surface area (Å²) in [6.45, 7) is 6.46. The second kappa shape index (κ2) is 10.2. The molecule has 204 valence electrons. The van der Waals surface area contributed by atoms with E-state index in [1.165, 1.54) is 17.0 Å². The molecule has 0 unspecified atom stereocenters. The van der Waals surface area contributed by atoms with Gasteiger partial charge in [0.25, 0.3) is 0 Å². The normalized spacial score (nSPS) is 26.8. The molecule has 1 aromatic carbocycles. The van der Waals surface area contributed by atoms with Crippen molar-refractivity contribution in [1.29, 1.82) is 5.26 Å². The minimum atomic E-state index is -0.935. The van der Waals surface area contributed by atoms with Gasteiger partial charge in [-0.3, -0.25) is 14.5 Å². The van der Waals surface area contributed by atoms with Crippen molar-refractivity contribution in [3.63, 3.8) is 0 Å². The first-order chi connectivity index (χ1) is 18.1. The monoisotopic (exact) mass is 525 g/mol. The average molecular weight is 526 g/mol. The third-order valence-corrected chi connectivity index (χ3v) is 7.99. The molecule has 1 aromatic rings. The van der Waals surface area contributed by atoms with Crippen LogP contribution in [0.4, 0.5) is 9.18 Å². The lowest BCUT2D eigenvalue weighted by molar-refractivity contribution is -0.142. The van der Waals surface area contributed by atoms with Gasteiger partial charge in [-0.15, -0.1) is 0 Å². The minimum absolute atomic E-state index is 0.0147. The number of nitrogens with one attached hydrogen (secondary N) is 1. The quantitative estimate of drug-likeness (QED) is 0.587. The van der Waals surface area contributed by atoms with Crippen LogP contribution in [0.2, 0.25) is 0 Å².